The molecule has 1 aromatic heterocycles. The van der Waals surface area contributed by atoms with Gasteiger partial charge in [-0.1, -0.05) is 45.9 Å². The lowest BCUT2D eigenvalue weighted by molar-refractivity contribution is -0.146. The number of Topliss-reactive ketones (excluding diaryl/α,β-unsaturated/α-hetero) is 2. The number of phenolic OH excluding ortho intramolecular Hbond substituents is 3. The maximum absolute atomic E-state index is 13.9. The number of hydrogen-bond donors (Lipinski definition) is 8. The van der Waals surface area contributed by atoms with Crippen LogP contribution in [0.5, 0.6) is 17.2 Å². The van der Waals surface area contributed by atoms with Crippen LogP contribution >= 0.6 is 0 Å². The van der Waals surface area contributed by atoms with Crippen molar-refractivity contribution in [2.75, 3.05) is 0 Å². The van der Waals surface area contributed by atoms with Crippen molar-refractivity contribution < 1.29 is 54.3 Å². The second-order valence-corrected chi connectivity index (χ2v) is 12.5. The van der Waals surface area contributed by atoms with Crippen LogP contribution < -0.4 is 10.6 Å². The largest absolute Gasteiger partial charge is 0.504 e. The first kappa shape index (κ1) is 37.1. The van der Waals surface area contributed by atoms with Gasteiger partial charge in [-0.2, -0.15) is 0 Å². The summed E-state index contributed by atoms with van der Waals surface area (Å²) in [6.45, 7) is 6.52. The predicted octanol–water partition coefficient (Wildman–Crippen LogP) is 3.13. The number of carboxylic acids is 2. The Hall–Kier alpha value is -5.40. The van der Waals surface area contributed by atoms with Gasteiger partial charge in [0.1, 0.15) is 0 Å². The molecule has 0 fully saturated rings. The van der Waals surface area contributed by atoms with Crippen LogP contribution in [0.2, 0.25) is 0 Å². The summed E-state index contributed by atoms with van der Waals surface area (Å²) in [6, 6.07) is 6.31. The number of carbonyl (C=O) groups excluding carboxylic acids is 4. The molecule has 48 heavy (non-hydrogen) atoms. The Labute approximate surface area is 276 Å². The SMILES string of the molecule is CC(C)[C@@H](CC(=O)[C@H](CC(=O)O)NC(=O)[C@H](CC(=O)[C@H](Cc1c[nH]c2ccccc12)NC(=O)c1cc(O)c(O)c(O)c1)C(C)C)C(=O)O. The number of aromatic amines is 1. The van der Waals surface area contributed by atoms with Gasteiger partial charge in [-0.05, 0) is 35.6 Å². The zero-order valence-electron chi connectivity index (χ0n) is 27.0. The number of carbonyl (C=O) groups is 6. The molecule has 0 aliphatic rings. The molecule has 3 aromatic rings. The van der Waals surface area contributed by atoms with Crippen molar-refractivity contribution in [3.05, 3.63) is 53.7 Å². The van der Waals surface area contributed by atoms with E-state index in [4.69, 9.17) is 0 Å². The first-order valence-corrected chi connectivity index (χ1v) is 15.4. The number of aromatic hydroxyl groups is 3. The van der Waals surface area contributed by atoms with Gasteiger partial charge in [-0.3, -0.25) is 28.8 Å². The van der Waals surface area contributed by atoms with Crippen molar-refractivity contribution in [1.82, 2.24) is 15.6 Å². The smallest absolute Gasteiger partial charge is 0.307 e. The summed E-state index contributed by atoms with van der Waals surface area (Å²) in [5.41, 5.74) is 1.18. The molecular formula is C34H41N3O11. The van der Waals surface area contributed by atoms with Crippen molar-refractivity contribution in [1.29, 1.82) is 0 Å². The van der Waals surface area contributed by atoms with Crippen molar-refractivity contribution in [2.45, 2.75) is 65.5 Å². The molecule has 4 atom stereocenters. The number of H-pyrrole nitrogens is 1. The highest BCUT2D eigenvalue weighted by atomic mass is 16.4. The molecule has 0 saturated carbocycles. The summed E-state index contributed by atoms with van der Waals surface area (Å²) in [5, 5.41) is 54.3. The number of amides is 2. The van der Waals surface area contributed by atoms with Crippen LogP contribution in [-0.4, -0.2) is 77.9 Å². The Bertz CT molecular complexity index is 1670. The molecule has 14 heteroatoms. The molecule has 0 unspecified atom stereocenters. The lowest BCUT2D eigenvalue weighted by Gasteiger charge is -2.26. The van der Waals surface area contributed by atoms with E-state index in [1.165, 1.54) is 0 Å². The van der Waals surface area contributed by atoms with E-state index >= 15 is 0 Å². The first-order chi connectivity index (χ1) is 22.5. The molecule has 0 bridgehead atoms. The normalized spacial score (nSPS) is 13.9. The summed E-state index contributed by atoms with van der Waals surface area (Å²) >= 11 is 0. The summed E-state index contributed by atoms with van der Waals surface area (Å²) in [4.78, 5) is 80.1. The topological polar surface area (TPSA) is 243 Å². The van der Waals surface area contributed by atoms with Crippen LogP contribution in [0.15, 0.2) is 42.6 Å². The van der Waals surface area contributed by atoms with E-state index in [0.29, 0.717) is 5.56 Å². The molecule has 2 amide bonds. The number of aromatic nitrogens is 1. The molecule has 3 rings (SSSR count). The van der Waals surface area contributed by atoms with Crippen molar-refractivity contribution >= 4 is 46.2 Å². The monoisotopic (exact) mass is 667 g/mol. The Morgan fingerprint density at radius 1 is 0.750 bits per heavy atom. The minimum Gasteiger partial charge on any atom is -0.504 e. The molecule has 14 nitrogen and oxygen atoms in total. The summed E-state index contributed by atoms with van der Waals surface area (Å²) in [5.74, 6) is -11.1. The molecule has 1 heterocycles. The van der Waals surface area contributed by atoms with Crippen LogP contribution in [0.3, 0.4) is 0 Å². The van der Waals surface area contributed by atoms with Crippen molar-refractivity contribution in [3.63, 3.8) is 0 Å². The molecule has 0 spiro atoms. The fraction of sp³-hybridized carbons (Fsp3) is 0.412. The molecular weight excluding hydrogens is 626 g/mol. The Balaban J connectivity index is 1.89. The molecule has 8 N–H and O–H groups in total. The minimum atomic E-state index is -1.54. The number of rotatable bonds is 17. The van der Waals surface area contributed by atoms with E-state index in [1.54, 1.807) is 40.0 Å². The van der Waals surface area contributed by atoms with Gasteiger partial charge >= 0.3 is 11.9 Å². The van der Waals surface area contributed by atoms with E-state index in [2.05, 4.69) is 15.6 Å². The predicted molar refractivity (Wildman–Crippen MR) is 172 cm³/mol. The summed E-state index contributed by atoms with van der Waals surface area (Å²) in [6.07, 6.45) is -0.0773. The highest BCUT2D eigenvalue weighted by molar-refractivity contribution is 6.00. The molecule has 2 aromatic carbocycles. The lowest BCUT2D eigenvalue weighted by atomic mass is 9.85. The molecule has 258 valence electrons. The number of hydrogen-bond acceptors (Lipinski definition) is 9. The lowest BCUT2D eigenvalue weighted by Crippen LogP contribution is -2.48. The van der Waals surface area contributed by atoms with Gasteiger partial charge in [0.15, 0.2) is 28.8 Å². The van der Waals surface area contributed by atoms with Gasteiger partial charge in [0.2, 0.25) is 5.91 Å². The van der Waals surface area contributed by atoms with Gasteiger partial charge in [-0.15, -0.1) is 0 Å². The number of fused-ring (bicyclic) bond motifs is 1. The quantitative estimate of drug-likeness (QED) is 0.0972. The van der Waals surface area contributed by atoms with Crippen LogP contribution in [0.25, 0.3) is 10.9 Å². The third kappa shape index (κ3) is 9.33. The molecule has 0 radical (unpaired) electrons. The number of aliphatic carboxylic acids is 2. The first-order valence-electron chi connectivity index (χ1n) is 15.4. The van der Waals surface area contributed by atoms with Crippen molar-refractivity contribution in [2.24, 2.45) is 23.7 Å². The fourth-order valence-corrected chi connectivity index (χ4v) is 5.40. The Kier molecular flexibility index (Phi) is 12.3. The highest BCUT2D eigenvalue weighted by Crippen LogP contribution is 2.35. The maximum Gasteiger partial charge on any atom is 0.307 e. The van der Waals surface area contributed by atoms with Gasteiger partial charge in [-0.25, -0.2) is 0 Å². The Morgan fingerprint density at radius 3 is 1.88 bits per heavy atom. The number of benzene rings is 2. The average Bonchev–Trinajstić information content (AvgIpc) is 3.41. The number of ketones is 2. The van der Waals surface area contributed by atoms with Gasteiger partial charge in [0.25, 0.3) is 5.91 Å². The zero-order chi connectivity index (χ0) is 35.9. The van der Waals surface area contributed by atoms with Gasteiger partial charge in [0.05, 0.1) is 24.4 Å². The third-order valence-corrected chi connectivity index (χ3v) is 8.31. The second-order valence-electron chi connectivity index (χ2n) is 12.5. The third-order valence-electron chi connectivity index (χ3n) is 8.31. The maximum atomic E-state index is 13.9. The average molecular weight is 668 g/mol. The molecule has 0 aliphatic heterocycles. The molecule has 0 saturated heterocycles. The summed E-state index contributed by atoms with van der Waals surface area (Å²) in [7, 11) is 0. The van der Waals surface area contributed by atoms with Crippen LogP contribution in [0, 0.1) is 23.7 Å². The highest BCUT2D eigenvalue weighted by Gasteiger charge is 2.35. The van der Waals surface area contributed by atoms with E-state index in [0.717, 1.165) is 23.0 Å². The standard InChI is InChI=1S/C34H41N3O11/c1-16(2)21(33(46)37-25(14-30(42)43)27(39)13-22(17(3)4)34(47)48)12-26(38)24(9-19-15-35-23-8-6-5-7-20(19)23)36-32(45)18-10-28(40)31(44)29(41)11-18/h5-8,10-11,15-17,21-22,24-25,35,40-41,44H,9,12-14H2,1-4H3,(H,36,45)(H,37,46)(H,42,43)(H,47,48)/t21-,22-,24+,25+/m1/s1. The van der Waals surface area contributed by atoms with Gasteiger partial charge < -0.3 is 41.2 Å². The number of nitrogens with one attached hydrogen (secondary N) is 3. The fourth-order valence-electron chi connectivity index (χ4n) is 5.40. The van der Waals surface area contributed by atoms with E-state index in [9.17, 15) is 54.3 Å². The van der Waals surface area contributed by atoms with E-state index in [1.807, 2.05) is 18.2 Å². The van der Waals surface area contributed by atoms with Crippen LogP contribution in [-0.2, 0) is 30.4 Å². The molecule has 0 aliphatic carbocycles. The minimum absolute atomic E-state index is 0.0248. The summed E-state index contributed by atoms with van der Waals surface area (Å²) < 4.78 is 0. The Morgan fingerprint density at radius 2 is 1.31 bits per heavy atom. The second kappa shape index (κ2) is 15.9. The van der Waals surface area contributed by atoms with E-state index < -0.39 is 108 Å². The van der Waals surface area contributed by atoms with Gasteiger partial charge in [0, 0.05) is 47.8 Å². The van der Waals surface area contributed by atoms with E-state index in [-0.39, 0.29) is 12.0 Å². The number of phenols is 3. The van der Waals surface area contributed by atoms with Crippen LogP contribution in [0.1, 0.15) is 62.9 Å². The number of para-hydroxylation sites is 1. The number of carboxylic acid groups (broad SMARTS) is 2. The van der Waals surface area contributed by atoms with Crippen LogP contribution in [0.4, 0.5) is 0 Å². The zero-order valence-corrected chi connectivity index (χ0v) is 27.0. The van der Waals surface area contributed by atoms with Crippen molar-refractivity contribution in [3.8, 4) is 17.2 Å².